The SMILES string of the molecule is CCOC(=O)NC1CCCN(C(=O)C=Cc2ccccn2)C1. The van der Waals surface area contributed by atoms with E-state index < -0.39 is 6.09 Å². The van der Waals surface area contributed by atoms with Crippen LogP contribution in [0.4, 0.5) is 4.79 Å². The van der Waals surface area contributed by atoms with Gasteiger partial charge in [0, 0.05) is 31.4 Å². The van der Waals surface area contributed by atoms with E-state index in [0.29, 0.717) is 19.7 Å². The van der Waals surface area contributed by atoms with Crippen LogP contribution in [0.3, 0.4) is 0 Å². The maximum Gasteiger partial charge on any atom is 0.407 e. The zero-order valence-corrected chi connectivity index (χ0v) is 12.7. The second kappa shape index (κ2) is 8.17. The minimum absolute atomic E-state index is 0.0556. The lowest BCUT2D eigenvalue weighted by molar-refractivity contribution is -0.127. The number of alkyl carbamates (subject to hydrolysis) is 1. The number of nitrogens with one attached hydrogen (secondary N) is 1. The molecule has 1 saturated heterocycles. The van der Waals surface area contributed by atoms with Gasteiger partial charge >= 0.3 is 6.09 Å². The maximum atomic E-state index is 12.2. The van der Waals surface area contributed by atoms with Gasteiger partial charge in [0.05, 0.1) is 12.3 Å². The van der Waals surface area contributed by atoms with Crippen molar-refractivity contribution in [1.29, 1.82) is 0 Å². The van der Waals surface area contributed by atoms with Crippen molar-refractivity contribution in [3.8, 4) is 0 Å². The van der Waals surface area contributed by atoms with E-state index in [-0.39, 0.29) is 11.9 Å². The normalized spacial score (nSPS) is 18.2. The Morgan fingerprint density at radius 3 is 3.09 bits per heavy atom. The first kappa shape index (κ1) is 16.0. The van der Waals surface area contributed by atoms with Gasteiger partial charge in [-0.2, -0.15) is 0 Å². The van der Waals surface area contributed by atoms with E-state index in [1.54, 1.807) is 24.1 Å². The summed E-state index contributed by atoms with van der Waals surface area (Å²) < 4.78 is 4.87. The van der Waals surface area contributed by atoms with Gasteiger partial charge in [0.15, 0.2) is 0 Å². The van der Waals surface area contributed by atoms with E-state index in [0.717, 1.165) is 18.5 Å². The topological polar surface area (TPSA) is 71.5 Å². The van der Waals surface area contributed by atoms with Crippen LogP contribution < -0.4 is 5.32 Å². The monoisotopic (exact) mass is 303 g/mol. The number of nitrogens with zero attached hydrogens (tertiary/aromatic N) is 2. The van der Waals surface area contributed by atoms with Gasteiger partial charge in [-0.25, -0.2) is 4.79 Å². The number of rotatable bonds is 4. The number of carbonyl (C=O) groups excluding carboxylic acids is 2. The van der Waals surface area contributed by atoms with Crippen LogP contribution >= 0.6 is 0 Å². The molecule has 2 heterocycles. The molecule has 0 bridgehead atoms. The second-order valence-electron chi connectivity index (χ2n) is 5.08. The number of hydrogen-bond acceptors (Lipinski definition) is 4. The van der Waals surface area contributed by atoms with Gasteiger partial charge in [-0.3, -0.25) is 9.78 Å². The molecule has 1 fully saturated rings. The largest absolute Gasteiger partial charge is 0.450 e. The molecule has 2 rings (SSSR count). The van der Waals surface area contributed by atoms with E-state index in [1.807, 2.05) is 18.2 Å². The highest BCUT2D eigenvalue weighted by atomic mass is 16.5. The predicted molar refractivity (Wildman–Crippen MR) is 83.0 cm³/mol. The van der Waals surface area contributed by atoms with Crippen LogP contribution in [0.25, 0.3) is 6.08 Å². The summed E-state index contributed by atoms with van der Waals surface area (Å²) in [4.78, 5) is 29.5. The van der Waals surface area contributed by atoms with E-state index in [1.165, 1.54) is 6.08 Å². The van der Waals surface area contributed by atoms with Gasteiger partial charge in [0.2, 0.25) is 5.91 Å². The molecule has 0 aliphatic carbocycles. The molecular formula is C16H21N3O3. The third-order valence-corrected chi connectivity index (χ3v) is 3.41. The predicted octanol–water partition coefficient (Wildman–Crippen LogP) is 1.83. The van der Waals surface area contributed by atoms with Gasteiger partial charge in [-0.05, 0) is 38.0 Å². The molecule has 0 aromatic carbocycles. The molecule has 1 N–H and O–H groups in total. The van der Waals surface area contributed by atoms with Crippen LogP contribution in [0.1, 0.15) is 25.5 Å². The minimum Gasteiger partial charge on any atom is -0.450 e. The van der Waals surface area contributed by atoms with Crippen molar-refractivity contribution in [2.45, 2.75) is 25.8 Å². The molecule has 1 aromatic rings. The van der Waals surface area contributed by atoms with Gasteiger partial charge < -0.3 is 15.0 Å². The third kappa shape index (κ3) is 4.87. The van der Waals surface area contributed by atoms with Crippen molar-refractivity contribution in [3.63, 3.8) is 0 Å². The quantitative estimate of drug-likeness (QED) is 0.861. The van der Waals surface area contributed by atoms with E-state index >= 15 is 0 Å². The zero-order chi connectivity index (χ0) is 15.8. The highest BCUT2D eigenvalue weighted by molar-refractivity contribution is 5.91. The summed E-state index contributed by atoms with van der Waals surface area (Å²) >= 11 is 0. The number of piperidine rings is 1. The highest BCUT2D eigenvalue weighted by Gasteiger charge is 2.23. The van der Waals surface area contributed by atoms with Crippen molar-refractivity contribution in [1.82, 2.24) is 15.2 Å². The zero-order valence-electron chi connectivity index (χ0n) is 12.7. The Bertz CT molecular complexity index is 531. The molecule has 0 spiro atoms. The summed E-state index contributed by atoms with van der Waals surface area (Å²) in [5.41, 5.74) is 0.744. The molecule has 2 amide bonds. The average molecular weight is 303 g/mol. The van der Waals surface area contributed by atoms with E-state index in [4.69, 9.17) is 4.74 Å². The molecule has 1 aliphatic rings. The number of likely N-dealkylation sites (tertiary alicyclic amines) is 1. The number of ether oxygens (including phenoxy) is 1. The Kier molecular flexibility index (Phi) is 5.94. The van der Waals surface area contributed by atoms with Crippen molar-refractivity contribution in [3.05, 3.63) is 36.2 Å². The molecule has 22 heavy (non-hydrogen) atoms. The Balaban J connectivity index is 1.87. The first-order valence-electron chi connectivity index (χ1n) is 7.50. The lowest BCUT2D eigenvalue weighted by atomic mass is 10.1. The lowest BCUT2D eigenvalue weighted by Gasteiger charge is -2.32. The standard InChI is InChI=1S/C16H21N3O3/c1-2-22-16(21)18-14-7-5-11-19(12-14)15(20)9-8-13-6-3-4-10-17-13/h3-4,6,8-10,14H,2,5,7,11-12H2,1H3,(H,18,21). The summed E-state index contributed by atoms with van der Waals surface area (Å²) in [6.45, 7) is 3.31. The Morgan fingerprint density at radius 2 is 2.36 bits per heavy atom. The minimum atomic E-state index is -0.425. The van der Waals surface area contributed by atoms with Gasteiger partial charge in [-0.1, -0.05) is 6.07 Å². The number of carbonyl (C=O) groups is 2. The van der Waals surface area contributed by atoms with Crippen LogP contribution in [-0.2, 0) is 9.53 Å². The first-order chi connectivity index (χ1) is 10.7. The Morgan fingerprint density at radius 1 is 1.50 bits per heavy atom. The fourth-order valence-electron chi connectivity index (χ4n) is 2.37. The van der Waals surface area contributed by atoms with Gasteiger partial charge in [0.25, 0.3) is 0 Å². The summed E-state index contributed by atoms with van der Waals surface area (Å²) in [5.74, 6) is -0.0685. The second-order valence-corrected chi connectivity index (χ2v) is 5.08. The van der Waals surface area contributed by atoms with Crippen LogP contribution in [-0.4, -0.2) is 47.6 Å². The molecular weight excluding hydrogens is 282 g/mol. The number of hydrogen-bond donors (Lipinski definition) is 1. The highest BCUT2D eigenvalue weighted by Crippen LogP contribution is 2.11. The lowest BCUT2D eigenvalue weighted by Crippen LogP contribution is -2.49. The van der Waals surface area contributed by atoms with E-state index in [2.05, 4.69) is 10.3 Å². The third-order valence-electron chi connectivity index (χ3n) is 3.41. The molecule has 6 heteroatoms. The number of pyridine rings is 1. The molecule has 1 aromatic heterocycles. The summed E-state index contributed by atoms with van der Waals surface area (Å²) in [7, 11) is 0. The summed E-state index contributed by atoms with van der Waals surface area (Å²) in [6.07, 6.45) is 6.20. The van der Waals surface area contributed by atoms with Crippen molar-refractivity contribution >= 4 is 18.1 Å². The molecule has 0 saturated carbocycles. The fraction of sp³-hybridized carbons (Fsp3) is 0.438. The van der Waals surface area contributed by atoms with Gasteiger partial charge in [0.1, 0.15) is 0 Å². The summed E-state index contributed by atoms with van der Waals surface area (Å²) in [5, 5.41) is 2.79. The summed E-state index contributed by atoms with van der Waals surface area (Å²) in [6, 6.07) is 5.48. The number of amides is 2. The van der Waals surface area contributed by atoms with Crippen LogP contribution in [0.2, 0.25) is 0 Å². The molecule has 1 unspecified atom stereocenters. The number of aromatic nitrogens is 1. The van der Waals surface area contributed by atoms with Crippen molar-refractivity contribution < 1.29 is 14.3 Å². The molecule has 1 atom stereocenters. The molecule has 0 radical (unpaired) electrons. The first-order valence-corrected chi connectivity index (χ1v) is 7.50. The average Bonchev–Trinajstić information content (AvgIpc) is 2.54. The van der Waals surface area contributed by atoms with Crippen LogP contribution in [0, 0.1) is 0 Å². The Labute approximate surface area is 130 Å². The van der Waals surface area contributed by atoms with Crippen molar-refractivity contribution in [2.75, 3.05) is 19.7 Å². The van der Waals surface area contributed by atoms with Crippen molar-refractivity contribution in [2.24, 2.45) is 0 Å². The maximum absolute atomic E-state index is 12.2. The van der Waals surface area contributed by atoms with Gasteiger partial charge in [-0.15, -0.1) is 0 Å². The van der Waals surface area contributed by atoms with Crippen LogP contribution in [0.15, 0.2) is 30.5 Å². The molecule has 6 nitrogen and oxygen atoms in total. The molecule has 1 aliphatic heterocycles. The van der Waals surface area contributed by atoms with Crippen LogP contribution in [0.5, 0.6) is 0 Å². The smallest absolute Gasteiger partial charge is 0.407 e. The van der Waals surface area contributed by atoms with E-state index in [9.17, 15) is 9.59 Å². The fourth-order valence-corrected chi connectivity index (χ4v) is 2.37. The molecule has 118 valence electrons. The Hall–Kier alpha value is -2.37.